The largest absolute Gasteiger partial charge is 0.490 e. The molecule has 1 amide bonds. The van der Waals surface area contributed by atoms with Crippen molar-refractivity contribution < 1.29 is 32.9 Å². The summed E-state index contributed by atoms with van der Waals surface area (Å²) in [6.45, 7) is 18.1. The Hall–Kier alpha value is -4.06. The monoisotopic (exact) mass is 828 g/mol. The van der Waals surface area contributed by atoms with Crippen molar-refractivity contribution >= 4 is 31.7 Å². The molecule has 6 rings (SSSR count). The molecule has 4 aromatic rings. The number of hydrogen-bond acceptors (Lipinski definition) is 8. The SMILES string of the molecule is COCCCN1CCOc2ccc(COC3CN(C(=O)OCc4ccccc4)CC(O[Si](C(C)C)(C(C)C)C(C)C)C3c3ccc(Oc4cccc(Cl)c4)cc3)cc21. The number of amides is 1. The summed E-state index contributed by atoms with van der Waals surface area (Å²) in [5.74, 6) is 2.05. The van der Waals surface area contributed by atoms with E-state index < -0.39 is 14.4 Å². The summed E-state index contributed by atoms with van der Waals surface area (Å²) >= 11 is 6.26. The molecule has 2 aliphatic heterocycles. The van der Waals surface area contributed by atoms with Crippen LogP contribution >= 0.6 is 11.6 Å². The Morgan fingerprint density at radius 2 is 1.53 bits per heavy atom. The van der Waals surface area contributed by atoms with Crippen molar-refractivity contribution in [1.82, 2.24) is 4.90 Å². The molecule has 11 heteroatoms. The van der Waals surface area contributed by atoms with Crippen molar-refractivity contribution in [2.24, 2.45) is 0 Å². The molecule has 9 nitrogen and oxygen atoms in total. The van der Waals surface area contributed by atoms with Crippen molar-refractivity contribution in [3.05, 3.63) is 119 Å². The molecule has 0 aliphatic carbocycles. The van der Waals surface area contributed by atoms with Gasteiger partial charge < -0.3 is 37.9 Å². The Labute approximate surface area is 351 Å². The van der Waals surface area contributed by atoms with Crippen LogP contribution in [0.25, 0.3) is 0 Å². The van der Waals surface area contributed by atoms with E-state index in [-0.39, 0.29) is 24.7 Å². The number of halogens is 1. The number of carbonyl (C=O) groups is 1. The maximum absolute atomic E-state index is 14.0. The molecular formula is C47H61ClN2O7Si. The predicted molar refractivity (Wildman–Crippen MR) is 234 cm³/mol. The molecule has 0 N–H and O–H groups in total. The number of methoxy groups -OCH3 is 1. The number of fused-ring (bicyclic) bond motifs is 1. The standard InChI is InChI=1S/C47H61ClN2O7Si/c1-33(2)58(34(3)4,35(5)6)57-45-30-50(47(51)55-31-36-13-9-8-10-14-36)29-44(46(45)38-18-20-40(21-19-38)56-41-16-11-15-39(48)28-41)54-32-37-17-22-43-42(27-37)49(24-26-53-43)23-12-25-52-7/h8-11,13-22,27-28,33-35,44-46H,12,23-26,29-32H2,1-7H3. The smallest absolute Gasteiger partial charge is 0.410 e. The van der Waals surface area contributed by atoms with Gasteiger partial charge in [0.2, 0.25) is 8.32 Å². The molecule has 0 radical (unpaired) electrons. The lowest BCUT2D eigenvalue weighted by Gasteiger charge is -2.50. The highest BCUT2D eigenvalue weighted by atomic mass is 35.5. The van der Waals surface area contributed by atoms with Crippen LogP contribution in [0.1, 0.15) is 70.6 Å². The van der Waals surface area contributed by atoms with Gasteiger partial charge in [-0.25, -0.2) is 4.79 Å². The van der Waals surface area contributed by atoms with Gasteiger partial charge in [-0.2, -0.15) is 0 Å². The van der Waals surface area contributed by atoms with Crippen LogP contribution in [-0.4, -0.2) is 78.0 Å². The number of likely N-dealkylation sites (tertiary alicyclic amines) is 1. The Morgan fingerprint density at radius 1 is 0.810 bits per heavy atom. The third-order valence-electron chi connectivity index (χ3n) is 11.6. The third kappa shape index (κ3) is 10.6. The first-order valence-corrected chi connectivity index (χ1v) is 23.3. The summed E-state index contributed by atoms with van der Waals surface area (Å²) < 4.78 is 38.3. The number of anilines is 1. The van der Waals surface area contributed by atoms with E-state index in [1.54, 1.807) is 18.1 Å². The second-order valence-corrected chi connectivity index (χ2v) is 22.3. The first-order valence-electron chi connectivity index (χ1n) is 20.8. The number of benzene rings is 4. The molecule has 1 saturated heterocycles. The maximum Gasteiger partial charge on any atom is 0.410 e. The highest BCUT2D eigenvalue weighted by molar-refractivity contribution is 6.77. The Bertz CT molecular complexity index is 1890. The Balaban J connectivity index is 1.35. The van der Waals surface area contributed by atoms with E-state index in [0.29, 0.717) is 66.1 Å². The lowest BCUT2D eigenvalue weighted by Crippen LogP contribution is -2.59. The van der Waals surface area contributed by atoms with Gasteiger partial charge >= 0.3 is 6.09 Å². The highest BCUT2D eigenvalue weighted by Gasteiger charge is 2.51. The summed E-state index contributed by atoms with van der Waals surface area (Å²) in [6, 6.07) is 31.7. The zero-order valence-corrected chi connectivity index (χ0v) is 37.0. The van der Waals surface area contributed by atoms with Gasteiger partial charge in [-0.1, -0.05) is 108 Å². The van der Waals surface area contributed by atoms with Crippen molar-refractivity contribution in [2.45, 2.75) is 95.9 Å². The molecule has 58 heavy (non-hydrogen) atoms. The number of ether oxygens (including phenoxy) is 5. The molecule has 0 bridgehead atoms. The van der Waals surface area contributed by atoms with Gasteiger partial charge in [-0.05, 0) is 82.2 Å². The normalized spacial score (nSPS) is 18.4. The number of nitrogens with zero attached hydrogens (tertiary/aromatic N) is 2. The fourth-order valence-electron chi connectivity index (χ4n) is 8.97. The molecule has 2 aliphatic rings. The maximum atomic E-state index is 14.0. The van der Waals surface area contributed by atoms with E-state index in [4.69, 9.17) is 39.7 Å². The molecule has 312 valence electrons. The minimum absolute atomic E-state index is 0.186. The van der Waals surface area contributed by atoms with Crippen LogP contribution in [0.5, 0.6) is 17.2 Å². The predicted octanol–water partition coefficient (Wildman–Crippen LogP) is 11.2. The van der Waals surface area contributed by atoms with E-state index in [1.807, 2.05) is 66.7 Å². The van der Waals surface area contributed by atoms with Crippen LogP contribution < -0.4 is 14.4 Å². The molecule has 4 aromatic carbocycles. The van der Waals surface area contributed by atoms with Crippen LogP contribution in [0, 0.1) is 0 Å². The molecule has 2 heterocycles. The van der Waals surface area contributed by atoms with E-state index in [2.05, 4.69) is 70.7 Å². The summed E-state index contributed by atoms with van der Waals surface area (Å²) in [6.07, 6.45) is -0.214. The third-order valence-corrected chi connectivity index (χ3v) is 18.0. The van der Waals surface area contributed by atoms with Crippen LogP contribution in [0.3, 0.4) is 0 Å². The number of rotatable bonds is 17. The number of carbonyl (C=O) groups excluding carboxylic acids is 1. The topological polar surface area (TPSA) is 78.9 Å². The van der Waals surface area contributed by atoms with E-state index in [1.165, 1.54) is 0 Å². The highest BCUT2D eigenvalue weighted by Crippen LogP contribution is 2.46. The fraction of sp³-hybridized carbons (Fsp3) is 0.468. The van der Waals surface area contributed by atoms with E-state index in [9.17, 15) is 4.79 Å². The molecule has 0 aromatic heterocycles. The number of hydrogen-bond donors (Lipinski definition) is 0. The summed E-state index contributed by atoms with van der Waals surface area (Å²) in [4.78, 5) is 18.2. The van der Waals surface area contributed by atoms with Crippen molar-refractivity contribution in [3.63, 3.8) is 0 Å². The van der Waals surface area contributed by atoms with Gasteiger partial charge in [0.05, 0.1) is 37.6 Å². The summed E-state index contributed by atoms with van der Waals surface area (Å²) in [5.41, 5.74) is 5.11. The molecule has 0 saturated carbocycles. The molecule has 1 fully saturated rings. The van der Waals surface area contributed by atoms with Crippen molar-refractivity contribution in [1.29, 1.82) is 0 Å². The van der Waals surface area contributed by atoms with Crippen LogP contribution in [-0.2, 0) is 31.9 Å². The molecule has 3 unspecified atom stereocenters. The fourth-order valence-corrected chi connectivity index (χ4v) is 14.7. The second-order valence-electron chi connectivity index (χ2n) is 16.4. The zero-order chi connectivity index (χ0) is 41.2. The van der Waals surface area contributed by atoms with Crippen molar-refractivity contribution in [3.8, 4) is 17.2 Å². The summed E-state index contributed by atoms with van der Waals surface area (Å²) in [7, 11) is -0.710. The lowest BCUT2D eigenvalue weighted by molar-refractivity contribution is -0.0663. The van der Waals surface area contributed by atoms with Crippen LogP contribution in [0.4, 0.5) is 10.5 Å². The quantitative estimate of drug-likeness (QED) is 0.0769. The van der Waals surface area contributed by atoms with Gasteiger partial charge in [0.25, 0.3) is 0 Å². The first kappa shape index (κ1) is 43.5. The zero-order valence-electron chi connectivity index (χ0n) is 35.2. The minimum Gasteiger partial charge on any atom is -0.490 e. The Kier molecular flexibility index (Phi) is 15.2. The molecular weight excluding hydrogens is 768 g/mol. The molecule has 0 spiro atoms. The van der Waals surface area contributed by atoms with E-state index in [0.717, 1.165) is 47.6 Å². The first-order chi connectivity index (χ1) is 28.0. The van der Waals surface area contributed by atoms with Gasteiger partial charge in [0.1, 0.15) is 30.5 Å². The van der Waals surface area contributed by atoms with Gasteiger partial charge in [-0.3, -0.25) is 0 Å². The van der Waals surface area contributed by atoms with Gasteiger partial charge in [-0.15, -0.1) is 0 Å². The lowest BCUT2D eigenvalue weighted by atomic mass is 9.84. The van der Waals surface area contributed by atoms with Crippen molar-refractivity contribution in [2.75, 3.05) is 51.4 Å². The second kappa shape index (κ2) is 20.3. The van der Waals surface area contributed by atoms with Crippen LogP contribution in [0.2, 0.25) is 21.6 Å². The average molecular weight is 830 g/mol. The average Bonchev–Trinajstić information content (AvgIpc) is 3.21. The number of piperidine rings is 1. The molecule has 3 atom stereocenters. The van der Waals surface area contributed by atoms with Crippen LogP contribution in [0.15, 0.2) is 97.1 Å². The van der Waals surface area contributed by atoms with Gasteiger partial charge in [0.15, 0.2) is 0 Å². The summed E-state index contributed by atoms with van der Waals surface area (Å²) in [5, 5.41) is 0.613. The van der Waals surface area contributed by atoms with Gasteiger partial charge in [0, 0.05) is 37.7 Å². The Morgan fingerprint density at radius 3 is 2.22 bits per heavy atom. The minimum atomic E-state index is -2.45. The van der Waals surface area contributed by atoms with E-state index >= 15 is 0 Å².